The van der Waals surface area contributed by atoms with Crippen molar-refractivity contribution in [2.75, 3.05) is 0 Å². The molecule has 2 rings (SSSR count). The van der Waals surface area contributed by atoms with Crippen LogP contribution in [0.4, 0.5) is 0 Å². The molecule has 2 nitrogen and oxygen atoms in total. The molecule has 0 aromatic carbocycles. The van der Waals surface area contributed by atoms with E-state index in [2.05, 4.69) is 11.4 Å². The third-order valence-corrected chi connectivity index (χ3v) is 4.00. The lowest BCUT2D eigenvalue weighted by molar-refractivity contribution is -0.124. The fourth-order valence-corrected chi connectivity index (χ4v) is 2.93. The number of hydrogen-bond donors (Lipinski definition) is 1. The van der Waals surface area contributed by atoms with Crippen LogP contribution in [0.2, 0.25) is 0 Å². The Hall–Kier alpha value is -0.670. The number of ketones is 1. The molecule has 82 valence electrons. The molecule has 15 heavy (non-hydrogen) atoms. The van der Waals surface area contributed by atoms with E-state index in [1.165, 1.54) is 5.56 Å². The molecule has 2 N–H and O–H groups in total. The summed E-state index contributed by atoms with van der Waals surface area (Å²) in [5.74, 6) is 0.256. The van der Waals surface area contributed by atoms with E-state index in [1.54, 1.807) is 11.3 Å². The quantitative estimate of drug-likeness (QED) is 0.852. The van der Waals surface area contributed by atoms with Gasteiger partial charge in [0.05, 0.1) is 5.54 Å². The zero-order valence-electron chi connectivity index (χ0n) is 8.87. The molecule has 1 aromatic rings. The molecular weight excluding hydrogens is 206 g/mol. The van der Waals surface area contributed by atoms with Gasteiger partial charge in [0.2, 0.25) is 0 Å². The van der Waals surface area contributed by atoms with Crippen molar-refractivity contribution >= 4 is 17.1 Å². The van der Waals surface area contributed by atoms with Gasteiger partial charge in [-0.1, -0.05) is 12.8 Å². The molecule has 0 saturated heterocycles. The average Bonchev–Trinajstić information content (AvgIpc) is 2.85. The van der Waals surface area contributed by atoms with Crippen molar-refractivity contribution in [1.29, 1.82) is 0 Å². The second-order valence-electron chi connectivity index (χ2n) is 4.42. The van der Waals surface area contributed by atoms with E-state index >= 15 is 0 Å². The van der Waals surface area contributed by atoms with E-state index in [1.807, 2.05) is 5.38 Å². The lowest BCUT2D eigenvalue weighted by Crippen LogP contribution is -2.45. The molecule has 0 amide bonds. The van der Waals surface area contributed by atoms with E-state index in [4.69, 9.17) is 5.73 Å². The lowest BCUT2D eigenvalue weighted by Gasteiger charge is -2.21. The Morgan fingerprint density at radius 1 is 1.47 bits per heavy atom. The highest BCUT2D eigenvalue weighted by Gasteiger charge is 2.35. The van der Waals surface area contributed by atoms with E-state index in [0.717, 1.165) is 32.1 Å². The van der Waals surface area contributed by atoms with Crippen LogP contribution in [-0.4, -0.2) is 11.3 Å². The summed E-state index contributed by atoms with van der Waals surface area (Å²) in [5.41, 5.74) is 6.86. The van der Waals surface area contributed by atoms with Crippen LogP contribution in [0.5, 0.6) is 0 Å². The number of carbonyl (C=O) groups excluding carboxylic acids is 1. The third kappa shape index (κ3) is 2.47. The minimum absolute atomic E-state index is 0.256. The Morgan fingerprint density at radius 2 is 2.20 bits per heavy atom. The lowest BCUT2D eigenvalue weighted by atomic mass is 9.90. The Bertz CT molecular complexity index is 325. The molecule has 1 aromatic heterocycles. The third-order valence-electron chi connectivity index (χ3n) is 3.27. The van der Waals surface area contributed by atoms with E-state index in [0.29, 0.717) is 6.42 Å². The first-order chi connectivity index (χ1) is 7.21. The maximum absolute atomic E-state index is 11.9. The first-order valence-electron chi connectivity index (χ1n) is 5.54. The van der Waals surface area contributed by atoms with Crippen molar-refractivity contribution in [1.82, 2.24) is 0 Å². The largest absolute Gasteiger partial charge is 0.319 e. The predicted molar refractivity (Wildman–Crippen MR) is 63.0 cm³/mol. The molecule has 0 bridgehead atoms. The zero-order chi connectivity index (χ0) is 10.7. The molecular formula is C12H17NOS. The summed E-state index contributed by atoms with van der Waals surface area (Å²) in [6.07, 6.45) is 5.45. The number of carbonyl (C=O) groups is 1. The Balaban J connectivity index is 1.87. The minimum atomic E-state index is -0.490. The number of aryl methyl sites for hydroxylation is 1. The summed E-state index contributed by atoms with van der Waals surface area (Å²) in [7, 11) is 0. The first kappa shape index (κ1) is 10.8. The Morgan fingerprint density at radius 3 is 2.80 bits per heavy atom. The van der Waals surface area contributed by atoms with E-state index < -0.39 is 5.54 Å². The van der Waals surface area contributed by atoms with Crippen LogP contribution in [0.25, 0.3) is 0 Å². The monoisotopic (exact) mass is 223 g/mol. The van der Waals surface area contributed by atoms with Crippen molar-refractivity contribution in [3.63, 3.8) is 0 Å². The van der Waals surface area contributed by atoms with Crippen LogP contribution >= 0.6 is 11.3 Å². The second-order valence-corrected chi connectivity index (χ2v) is 5.20. The van der Waals surface area contributed by atoms with Gasteiger partial charge >= 0.3 is 0 Å². The molecule has 0 aliphatic heterocycles. The first-order valence-corrected chi connectivity index (χ1v) is 6.48. The Labute approximate surface area is 94.5 Å². The number of Topliss-reactive ketones (excluding diaryl/α,β-unsaturated/α-hetero) is 1. The van der Waals surface area contributed by atoms with Crippen molar-refractivity contribution in [3.8, 4) is 0 Å². The van der Waals surface area contributed by atoms with Gasteiger partial charge in [0, 0.05) is 6.42 Å². The summed E-state index contributed by atoms with van der Waals surface area (Å²) in [6.45, 7) is 0. The molecule has 0 atom stereocenters. The molecule has 0 spiro atoms. The topological polar surface area (TPSA) is 43.1 Å². The molecule has 0 radical (unpaired) electrons. The van der Waals surface area contributed by atoms with E-state index in [9.17, 15) is 4.79 Å². The van der Waals surface area contributed by atoms with Gasteiger partial charge in [-0.25, -0.2) is 0 Å². The summed E-state index contributed by atoms with van der Waals surface area (Å²) in [5, 5.41) is 4.15. The number of thiophene rings is 1. The van der Waals surface area contributed by atoms with Gasteiger partial charge < -0.3 is 5.73 Å². The highest BCUT2D eigenvalue weighted by Crippen LogP contribution is 2.29. The SMILES string of the molecule is NC1(C(=O)CCc2ccsc2)CCCC1. The molecule has 1 aliphatic rings. The number of hydrogen-bond acceptors (Lipinski definition) is 3. The van der Waals surface area contributed by atoms with Crippen LogP contribution in [0.15, 0.2) is 16.8 Å². The van der Waals surface area contributed by atoms with Crippen molar-refractivity contribution in [2.24, 2.45) is 5.73 Å². The smallest absolute Gasteiger partial charge is 0.152 e. The van der Waals surface area contributed by atoms with Crippen molar-refractivity contribution in [3.05, 3.63) is 22.4 Å². The van der Waals surface area contributed by atoms with E-state index in [-0.39, 0.29) is 5.78 Å². The molecule has 3 heteroatoms. The maximum atomic E-state index is 11.9. The number of rotatable bonds is 4. The Kier molecular flexibility index (Phi) is 3.22. The highest BCUT2D eigenvalue weighted by atomic mass is 32.1. The van der Waals surface area contributed by atoms with Crippen molar-refractivity contribution in [2.45, 2.75) is 44.1 Å². The van der Waals surface area contributed by atoms with Gasteiger partial charge in [0.1, 0.15) is 0 Å². The second kappa shape index (κ2) is 4.45. The highest BCUT2D eigenvalue weighted by molar-refractivity contribution is 7.07. The summed E-state index contributed by atoms with van der Waals surface area (Å²) in [6, 6.07) is 2.08. The fourth-order valence-electron chi connectivity index (χ4n) is 2.23. The molecule has 1 aliphatic carbocycles. The zero-order valence-corrected chi connectivity index (χ0v) is 9.69. The number of nitrogens with two attached hydrogens (primary N) is 1. The molecule has 0 unspecified atom stereocenters. The summed E-state index contributed by atoms with van der Waals surface area (Å²) >= 11 is 1.68. The van der Waals surface area contributed by atoms with Crippen LogP contribution in [0, 0.1) is 0 Å². The van der Waals surface area contributed by atoms with Crippen LogP contribution in [0.3, 0.4) is 0 Å². The maximum Gasteiger partial charge on any atom is 0.152 e. The molecule has 1 heterocycles. The predicted octanol–water partition coefficient (Wildman–Crippen LogP) is 2.52. The van der Waals surface area contributed by atoms with Gasteiger partial charge in [-0.3, -0.25) is 4.79 Å². The average molecular weight is 223 g/mol. The van der Waals surface area contributed by atoms with Crippen molar-refractivity contribution < 1.29 is 4.79 Å². The molecule has 1 saturated carbocycles. The fraction of sp³-hybridized carbons (Fsp3) is 0.583. The minimum Gasteiger partial charge on any atom is -0.319 e. The standard InChI is InChI=1S/C12H17NOS/c13-12(6-1-2-7-12)11(14)4-3-10-5-8-15-9-10/h5,8-9H,1-4,6-7,13H2. The normalized spacial score (nSPS) is 19.3. The summed E-state index contributed by atoms with van der Waals surface area (Å²) < 4.78 is 0. The van der Waals surface area contributed by atoms with Gasteiger partial charge in [-0.05, 0) is 41.7 Å². The van der Waals surface area contributed by atoms with Crippen LogP contribution in [-0.2, 0) is 11.2 Å². The van der Waals surface area contributed by atoms with Gasteiger partial charge in [-0.15, -0.1) is 0 Å². The van der Waals surface area contributed by atoms with Crippen LogP contribution in [0.1, 0.15) is 37.7 Å². The van der Waals surface area contributed by atoms with Gasteiger partial charge in [0.15, 0.2) is 5.78 Å². The van der Waals surface area contributed by atoms with Gasteiger partial charge in [-0.2, -0.15) is 11.3 Å². The van der Waals surface area contributed by atoms with Crippen LogP contribution < -0.4 is 5.73 Å². The summed E-state index contributed by atoms with van der Waals surface area (Å²) in [4.78, 5) is 11.9. The molecule has 1 fully saturated rings. The van der Waals surface area contributed by atoms with Gasteiger partial charge in [0.25, 0.3) is 0 Å².